The molecule has 1 N–H and O–H groups in total. The lowest BCUT2D eigenvalue weighted by Gasteiger charge is -2.20. The predicted molar refractivity (Wildman–Crippen MR) is 66.8 cm³/mol. The van der Waals surface area contributed by atoms with E-state index in [9.17, 15) is 0 Å². The summed E-state index contributed by atoms with van der Waals surface area (Å²) in [4.78, 5) is 8.71. The van der Waals surface area contributed by atoms with Crippen LogP contribution in [0, 0.1) is 0 Å². The second-order valence-corrected chi connectivity index (χ2v) is 5.19. The Morgan fingerprint density at radius 2 is 1.94 bits per heavy atom. The molecule has 1 aromatic carbocycles. The normalized spacial score (nSPS) is 31.2. The van der Waals surface area contributed by atoms with Crippen molar-refractivity contribution in [2.24, 2.45) is 0 Å². The summed E-state index contributed by atoms with van der Waals surface area (Å²) in [6.45, 7) is 0. The Morgan fingerprint density at radius 3 is 2.71 bits per heavy atom. The van der Waals surface area contributed by atoms with Gasteiger partial charge < -0.3 is 5.32 Å². The third-order valence-corrected chi connectivity index (χ3v) is 4.22. The minimum absolute atomic E-state index is 0.681. The minimum atomic E-state index is 0.681. The summed E-state index contributed by atoms with van der Waals surface area (Å²) in [7, 11) is 0. The van der Waals surface area contributed by atoms with Gasteiger partial charge in [0.05, 0.1) is 11.0 Å². The second kappa shape index (κ2) is 3.50. The topological polar surface area (TPSA) is 37.8 Å². The average Bonchev–Trinajstić information content (AvgIpc) is 3.00. The third kappa shape index (κ3) is 1.46. The van der Waals surface area contributed by atoms with Crippen molar-refractivity contribution in [3.8, 4) is 0 Å². The SMILES string of the molecule is c1cnc2cc(C3CC4CCC3N4)ccc2n1. The zero-order chi connectivity index (χ0) is 11.2. The van der Waals surface area contributed by atoms with Crippen LogP contribution >= 0.6 is 0 Å². The van der Waals surface area contributed by atoms with Crippen LogP contribution in [0.4, 0.5) is 0 Å². The van der Waals surface area contributed by atoms with Gasteiger partial charge in [-0.05, 0) is 37.0 Å². The van der Waals surface area contributed by atoms with E-state index in [-0.39, 0.29) is 0 Å². The molecule has 2 aromatic rings. The Labute approximate surface area is 100 Å². The van der Waals surface area contributed by atoms with Crippen molar-refractivity contribution in [2.75, 3.05) is 0 Å². The van der Waals surface area contributed by atoms with E-state index < -0.39 is 0 Å². The summed E-state index contributed by atoms with van der Waals surface area (Å²) >= 11 is 0. The molecule has 2 fully saturated rings. The lowest BCUT2D eigenvalue weighted by atomic mass is 9.84. The van der Waals surface area contributed by atoms with Crippen molar-refractivity contribution >= 4 is 11.0 Å². The first-order valence-electron chi connectivity index (χ1n) is 6.37. The Balaban J connectivity index is 1.76. The minimum Gasteiger partial charge on any atom is -0.311 e. The van der Waals surface area contributed by atoms with Crippen molar-refractivity contribution in [3.63, 3.8) is 0 Å². The smallest absolute Gasteiger partial charge is 0.0889 e. The summed E-state index contributed by atoms with van der Waals surface area (Å²) in [6, 6.07) is 7.99. The molecule has 3 heterocycles. The molecule has 3 unspecified atom stereocenters. The maximum atomic E-state index is 4.39. The largest absolute Gasteiger partial charge is 0.311 e. The van der Waals surface area contributed by atoms with Gasteiger partial charge in [0.15, 0.2) is 0 Å². The van der Waals surface area contributed by atoms with Gasteiger partial charge in [0.25, 0.3) is 0 Å². The van der Waals surface area contributed by atoms with E-state index in [2.05, 4.69) is 33.5 Å². The molecule has 17 heavy (non-hydrogen) atoms. The molecule has 2 bridgehead atoms. The third-order valence-electron chi connectivity index (χ3n) is 4.22. The van der Waals surface area contributed by atoms with E-state index >= 15 is 0 Å². The number of fused-ring (bicyclic) bond motifs is 3. The van der Waals surface area contributed by atoms with E-state index in [1.54, 1.807) is 12.4 Å². The first kappa shape index (κ1) is 9.54. The first-order valence-corrected chi connectivity index (χ1v) is 6.37. The number of aromatic nitrogens is 2. The highest BCUT2D eigenvalue weighted by Gasteiger charge is 2.39. The van der Waals surface area contributed by atoms with Gasteiger partial charge in [0.1, 0.15) is 0 Å². The maximum Gasteiger partial charge on any atom is 0.0889 e. The molecule has 0 radical (unpaired) electrons. The van der Waals surface area contributed by atoms with E-state index in [1.165, 1.54) is 24.8 Å². The van der Waals surface area contributed by atoms with Gasteiger partial charge in [0.2, 0.25) is 0 Å². The van der Waals surface area contributed by atoms with Crippen LogP contribution in [0.25, 0.3) is 11.0 Å². The highest BCUT2D eigenvalue weighted by atomic mass is 15.0. The van der Waals surface area contributed by atoms with Gasteiger partial charge in [-0.1, -0.05) is 6.07 Å². The van der Waals surface area contributed by atoms with Crippen LogP contribution < -0.4 is 5.32 Å². The summed E-state index contributed by atoms with van der Waals surface area (Å²) < 4.78 is 0. The fourth-order valence-electron chi connectivity index (χ4n) is 3.40. The number of benzene rings is 1. The van der Waals surface area contributed by atoms with Crippen LogP contribution in [0.1, 0.15) is 30.7 Å². The van der Waals surface area contributed by atoms with Crippen molar-refractivity contribution in [1.29, 1.82) is 0 Å². The molecular formula is C14H15N3. The van der Waals surface area contributed by atoms with Gasteiger partial charge in [-0.2, -0.15) is 0 Å². The second-order valence-electron chi connectivity index (χ2n) is 5.19. The van der Waals surface area contributed by atoms with Crippen LogP contribution in [0.3, 0.4) is 0 Å². The summed E-state index contributed by atoms with van der Waals surface area (Å²) in [5, 5.41) is 3.69. The van der Waals surface area contributed by atoms with Crippen molar-refractivity contribution in [2.45, 2.75) is 37.3 Å². The molecule has 86 valence electrons. The van der Waals surface area contributed by atoms with Crippen LogP contribution in [0.15, 0.2) is 30.6 Å². The van der Waals surface area contributed by atoms with E-state index in [4.69, 9.17) is 0 Å². The van der Waals surface area contributed by atoms with Gasteiger partial charge in [-0.15, -0.1) is 0 Å². The molecule has 3 heteroatoms. The van der Waals surface area contributed by atoms with Crippen LogP contribution in [0.2, 0.25) is 0 Å². The fourth-order valence-corrected chi connectivity index (χ4v) is 3.40. The number of nitrogens with zero attached hydrogens (tertiary/aromatic N) is 2. The van der Waals surface area contributed by atoms with E-state index in [1.807, 2.05) is 0 Å². The quantitative estimate of drug-likeness (QED) is 0.808. The van der Waals surface area contributed by atoms with E-state index in [0.29, 0.717) is 12.0 Å². The van der Waals surface area contributed by atoms with Gasteiger partial charge in [-0.3, -0.25) is 9.97 Å². The monoisotopic (exact) mass is 225 g/mol. The van der Waals surface area contributed by atoms with Crippen LogP contribution in [-0.2, 0) is 0 Å². The first-order chi connectivity index (χ1) is 8.40. The van der Waals surface area contributed by atoms with Gasteiger partial charge in [-0.25, -0.2) is 0 Å². The molecule has 2 saturated heterocycles. The highest BCUT2D eigenvalue weighted by Crippen LogP contribution is 2.40. The summed E-state index contributed by atoms with van der Waals surface area (Å²) in [5.74, 6) is 0.681. The molecular weight excluding hydrogens is 210 g/mol. The highest BCUT2D eigenvalue weighted by molar-refractivity contribution is 5.74. The number of rotatable bonds is 1. The molecule has 2 aliphatic rings. The molecule has 0 spiro atoms. The fraction of sp³-hybridized carbons (Fsp3) is 0.429. The number of nitrogens with one attached hydrogen (secondary N) is 1. The molecule has 4 rings (SSSR count). The van der Waals surface area contributed by atoms with Crippen LogP contribution in [0.5, 0.6) is 0 Å². The molecule has 0 aliphatic carbocycles. The summed E-state index contributed by atoms with van der Waals surface area (Å²) in [6.07, 6.45) is 7.49. The standard InChI is InChI=1S/C14H15N3/c1-3-13-14(16-6-5-15-13)7-9(1)11-8-10-2-4-12(11)17-10/h1,3,5-7,10-12,17H,2,4,8H2. The van der Waals surface area contributed by atoms with Gasteiger partial charge in [0, 0.05) is 30.4 Å². The number of hydrogen-bond acceptors (Lipinski definition) is 3. The maximum absolute atomic E-state index is 4.39. The lowest BCUT2D eigenvalue weighted by molar-refractivity contribution is 0.507. The average molecular weight is 225 g/mol. The van der Waals surface area contributed by atoms with Crippen molar-refractivity contribution in [3.05, 3.63) is 36.2 Å². The molecule has 0 saturated carbocycles. The molecule has 3 atom stereocenters. The summed E-state index contributed by atoms with van der Waals surface area (Å²) in [5.41, 5.74) is 3.44. The Bertz CT molecular complexity index is 566. The zero-order valence-corrected chi connectivity index (χ0v) is 9.63. The molecule has 2 aliphatic heterocycles. The Morgan fingerprint density at radius 1 is 1.06 bits per heavy atom. The van der Waals surface area contributed by atoms with Gasteiger partial charge >= 0.3 is 0 Å². The van der Waals surface area contributed by atoms with E-state index in [0.717, 1.165) is 17.1 Å². The molecule has 1 aromatic heterocycles. The Kier molecular flexibility index (Phi) is 1.97. The zero-order valence-electron chi connectivity index (χ0n) is 9.63. The van der Waals surface area contributed by atoms with Crippen LogP contribution in [-0.4, -0.2) is 22.1 Å². The molecule has 0 amide bonds. The number of hydrogen-bond donors (Lipinski definition) is 1. The van der Waals surface area contributed by atoms with Crippen molar-refractivity contribution in [1.82, 2.24) is 15.3 Å². The molecule has 3 nitrogen and oxygen atoms in total. The van der Waals surface area contributed by atoms with Crippen molar-refractivity contribution < 1.29 is 0 Å². The Hall–Kier alpha value is -1.48. The lowest BCUT2D eigenvalue weighted by Crippen LogP contribution is -2.21. The predicted octanol–water partition coefficient (Wildman–Crippen LogP) is 2.24.